The summed E-state index contributed by atoms with van der Waals surface area (Å²) >= 11 is 0. The molecule has 0 aromatic rings. The van der Waals surface area contributed by atoms with E-state index in [-0.39, 0.29) is 6.61 Å². The highest BCUT2D eigenvalue weighted by Crippen LogP contribution is 2.44. The Morgan fingerprint density at radius 1 is 1.15 bits per heavy atom. The van der Waals surface area contributed by atoms with Crippen LogP contribution in [0.2, 0.25) is 0 Å². The Bertz CT molecular complexity index is 350. The Balaban J connectivity index is 0. The second kappa shape index (κ2) is 11.6. The van der Waals surface area contributed by atoms with Gasteiger partial charge in [-0.15, -0.1) is 0 Å². The van der Waals surface area contributed by atoms with Gasteiger partial charge in [-0.3, -0.25) is 9.05 Å². The normalized spacial score (nSPS) is 15.0. The van der Waals surface area contributed by atoms with Gasteiger partial charge in [0.15, 0.2) is 6.29 Å². The van der Waals surface area contributed by atoms with E-state index in [9.17, 15) is 14.2 Å². The predicted octanol–water partition coefficient (Wildman–Crippen LogP) is 1.23. The molecule has 3 N–H and O–H groups in total. The number of hydrogen-bond acceptors (Lipinski definition) is 6. The molecule has 0 heterocycles. The van der Waals surface area contributed by atoms with Gasteiger partial charge in [0.25, 0.3) is 0 Å². The number of hydrogen-bond donors (Lipinski definition) is 3. The SMILES string of the molecule is CCOC(C)OP(=O)(O)OCC.O=C(O)/C=C\C(=O)O. The fraction of sp³-hybridized carbons (Fsp3) is 0.600. The minimum absolute atomic E-state index is 0.132. The average molecular weight is 314 g/mol. The Morgan fingerprint density at radius 3 is 1.90 bits per heavy atom. The molecule has 0 amide bonds. The lowest BCUT2D eigenvalue weighted by Crippen LogP contribution is -2.11. The second-order valence-corrected chi connectivity index (χ2v) is 4.43. The predicted molar refractivity (Wildman–Crippen MR) is 68.0 cm³/mol. The van der Waals surface area contributed by atoms with Crippen LogP contribution in [0.1, 0.15) is 20.8 Å². The van der Waals surface area contributed by atoms with Gasteiger partial charge in [-0.05, 0) is 20.8 Å². The summed E-state index contributed by atoms with van der Waals surface area (Å²) in [4.78, 5) is 28.0. The molecule has 0 saturated carbocycles. The topological polar surface area (TPSA) is 140 Å². The maximum atomic E-state index is 10.9. The first-order valence-corrected chi connectivity index (χ1v) is 7.05. The molecule has 10 heteroatoms. The molecular weight excluding hydrogens is 295 g/mol. The monoisotopic (exact) mass is 314 g/mol. The van der Waals surface area contributed by atoms with E-state index in [1.807, 2.05) is 0 Å². The molecule has 0 rings (SSSR count). The van der Waals surface area contributed by atoms with Crippen molar-refractivity contribution in [2.45, 2.75) is 27.1 Å². The quantitative estimate of drug-likeness (QED) is 0.343. The van der Waals surface area contributed by atoms with Crippen LogP contribution in [0.25, 0.3) is 0 Å². The third-order valence-corrected chi connectivity index (χ3v) is 2.49. The molecule has 0 aromatic heterocycles. The Labute approximate surface area is 116 Å². The molecule has 0 bridgehead atoms. The lowest BCUT2D eigenvalue weighted by atomic mass is 10.5. The highest BCUT2D eigenvalue weighted by atomic mass is 31.2. The number of aliphatic carboxylic acids is 2. The summed E-state index contributed by atoms with van der Waals surface area (Å²) in [5, 5.41) is 15.6. The number of carboxylic acid groups (broad SMARTS) is 2. The molecule has 20 heavy (non-hydrogen) atoms. The Morgan fingerprint density at radius 2 is 1.60 bits per heavy atom. The van der Waals surface area contributed by atoms with Crippen LogP contribution in [0.5, 0.6) is 0 Å². The zero-order valence-corrected chi connectivity index (χ0v) is 12.3. The largest absolute Gasteiger partial charge is 0.478 e. The zero-order chi connectivity index (χ0) is 16.2. The van der Waals surface area contributed by atoms with E-state index in [2.05, 4.69) is 9.05 Å². The minimum atomic E-state index is -3.90. The Kier molecular flexibility index (Phi) is 12.2. The van der Waals surface area contributed by atoms with Gasteiger partial charge in [-0.1, -0.05) is 0 Å². The van der Waals surface area contributed by atoms with Crippen molar-refractivity contribution < 1.29 is 43.0 Å². The van der Waals surface area contributed by atoms with E-state index in [0.29, 0.717) is 18.8 Å². The molecule has 2 atom stereocenters. The van der Waals surface area contributed by atoms with Crippen molar-refractivity contribution in [3.63, 3.8) is 0 Å². The van der Waals surface area contributed by atoms with Gasteiger partial charge in [-0.2, -0.15) is 0 Å². The smallest absolute Gasteiger partial charge is 0.474 e. The molecule has 0 aliphatic rings. The first-order chi connectivity index (χ1) is 9.14. The maximum absolute atomic E-state index is 10.9. The molecular formula is C10H19O9P. The molecule has 0 radical (unpaired) electrons. The highest BCUT2D eigenvalue weighted by molar-refractivity contribution is 7.47. The van der Waals surface area contributed by atoms with Gasteiger partial charge in [-0.25, -0.2) is 14.2 Å². The first-order valence-electron chi connectivity index (χ1n) is 5.55. The van der Waals surface area contributed by atoms with Gasteiger partial charge in [0.2, 0.25) is 0 Å². The highest BCUT2D eigenvalue weighted by Gasteiger charge is 2.23. The number of carbonyl (C=O) groups is 2. The van der Waals surface area contributed by atoms with E-state index in [4.69, 9.17) is 19.8 Å². The summed E-state index contributed by atoms with van der Waals surface area (Å²) in [7, 11) is -3.90. The molecule has 0 spiro atoms. The van der Waals surface area contributed by atoms with Crippen LogP contribution in [-0.2, 0) is 27.9 Å². The lowest BCUT2D eigenvalue weighted by molar-refractivity contribution is -0.134. The first kappa shape index (κ1) is 21.1. The van der Waals surface area contributed by atoms with Gasteiger partial charge >= 0.3 is 19.8 Å². The van der Waals surface area contributed by atoms with Crippen LogP contribution in [0.3, 0.4) is 0 Å². The van der Waals surface area contributed by atoms with Crippen molar-refractivity contribution in [3.05, 3.63) is 12.2 Å². The van der Waals surface area contributed by atoms with Gasteiger partial charge in [0, 0.05) is 18.8 Å². The molecule has 9 nitrogen and oxygen atoms in total. The number of phosphoric acid groups is 1. The number of phosphoric ester groups is 1. The van der Waals surface area contributed by atoms with Crippen molar-refractivity contribution in [2.75, 3.05) is 13.2 Å². The minimum Gasteiger partial charge on any atom is -0.478 e. The van der Waals surface area contributed by atoms with Gasteiger partial charge in [0.1, 0.15) is 0 Å². The molecule has 0 aromatic carbocycles. The average Bonchev–Trinajstić information content (AvgIpc) is 2.26. The summed E-state index contributed by atoms with van der Waals surface area (Å²) < 4.78 is 24.9. The van der Waals surface area contributed by atoms with E-state index in [1.54, 1.807) is 13.8 Å². The summed E-state index contributed by atoms with van der Waals surface area (Å²) in [5.41, 5.74) is 0. The zero-order valence-electron chi connectivity index (χ0n) is 11.4. The number of carboxylic acids is 2. The van der Waals surface area contributed by atoms with Crippen molar-refractivity contribution in [1.29, 1.82) is 0 Å². The third kappa shape index (κ3) is 16.8. The summed E-state index contributed by atoms with van der Waals surface area (Å²) in [6.45, 7) is 5.46. The van der Waals surface area contributed by atoms with Crippen molar-refractivity contribution in [2.24, 2.45) is 0 Å². The fourth-order valence-corrected chi connectivity index (χ4v) is 1.61. The molecule has 0 aliphatic carbocycles. The number of ether oxygens (including phenoxy) is 1. The van der Waals surface area contributed by atoms with E-state index >= 15 is 0 Å². The van der Waals surface area contributed by atoms with Crippen LogP contribution >= 0.6 is 7.82 Å². The summed E-state index contributed by atoms with van der Waals surface area (Å²) in [5.74, 6) is -2.51. The third-order valence-electron chi connectivity index (χ3n) is 1.34. The fourth-order valence-electron chi connectivity index (χ4n) is 0.789. The number of rotatable bonds is 8. The van der Waals surface area contributed by atoms with E-state index < -0.39 is 26.1 Å². The molecule has 2 unspecified atom stereocenters. The molecule has 0 fully saturated rings. The van der Waals surface area contributed by atoms with Crippen molar-refractivity contribution in [1.82, 2.24) is 0 Å². The lowest BCUT2D eigenvalue weighted by Gasteiger charge is -2.16. The standard InChI is InChI=1S/C6H15O5P.C4H4O4/c1-4-9-6(3)11-12(7,8)10-5-2;5-3(6)1-2-4(7)8/h6H,4-5H2,1-3H3,(H,7,8);1-2H,(H,5,6)(H,7,8)/b;2-1-. The Hall–Kier alpha value is -1.25. The van der Waals surface area contributed by atoms with Crippen molar-refractivity contribution in [3.8, 4) is 0 Å². The molecule has 118 valence electrons. The van der Waals surface area contributed by atoms with Crippen LogP contribution < -0.4 is 0 Å². The van der Waals surface area contributed by atoms with Crippen LogP contribution in [0.4, 0.5) is 0 Å². The van der Waals surface area contributed by atoms with Gasteiger partial charge in [0.05, 0.1) is 6.61 Å². The summed E-state index contributed by atoms with van der Waals surface area (Å²) in [6, 6.07) is 0. The maximum Gasteiger partial charge on any atom is 0.474 e. The van der Waals surface area contributed by atoms with Crippen LogP contribution in [0, 0.1) is 0 Å². The molecule has 0 aliphatic heterocycles. The van der Waals surface area contributed by atoms with Crippen LogP contribution in [0.15, 0.2) is 12.2 Å². The second-order valence-electron chi connectivity index (χ2n) is 3.02. The van der Waals surface area contributed by atoms with Gasteiger partial charge < -0.3 is 19.8 Å². The van der Waals surface area contributed by atoms with Crippen molar-refractivity contribution >= 4 is 19.8 Å². The molecule has 0 saturated heterocycles. The summed E-state index contributed by atoms with van der Waals surface area (Å²) in [6.07, 6.45) is 0.391. The van der Waals surface area contributed by atoms with Crippen LogP contribution in [-0.4, -0.2) is 46.5 Å². The van der Waals surface area contributed by atoms with E-state index in [1.165, 1.54) is 6.92 Å². The van der Waals surface area contributed by atoms with E-state index in [0.717, 1.165) is 0 Å².